The van der Waals surface area contributed by atoms with Crippen LogP contribution in [-0.2, 0) is 0 Å². The maximum Gasteiger partial charge on any atom is 0.269 e. The van der Waals surface area contributed by atoms with Crippen LogP contribution in [0, 0.1) is 10.1 Å². The Morgan fingerprint density at radius 2 is 1.77 bits per heavy atom. The number of hydrogen-bond acceptors (Lipinski definition) is 5. The van der Waals surface area contributed by atoms with Gasteiger partial charge in [-0.05, 0) is 86.7 Å². The number of aliphatic imine (C=N–C) groups is 1. The molecule has 1 heterocycles. The Balaban J connectivity index is 1.51. The number of nitro groups is 1. The molecule has 35 heavy (non-hydrogen) atoms. The highest BCUT2D eigenvalue weighted by atomic mass is 35.5. The van der Waals surface area contributed by atoms with Crippen molar-refractivity contribution < 1.29 is 4.92 Å². The minimum Gasteiger partial charge on any atom is -0.366 e. The van der Waals surface area contributed by atoms with Crippen molar-refractivity contribution in [2.75, 3.05) is 11.4 Å². The molecule has 3 aromatic rings. The molecule has 0 saturated carbocycles. The second-order valence-corrected chi connectivity index (χ2v) is 11.2. The van der Waals surface area contributed by atoms with Crippen LogP contribution in [0.4, 0.5) is 17.1 Å². The molecule has 0 spiro atoms. The fraction of sp³-hybridized carbons (Fsp3) is 0.321. The summed E-state index contributed by atoms with van der Waals surface area (Å²) in [6.07, 6.45) is 4.04. The molecule has 7 heteroatoms. The van der Waals surface area contributed by atoms with Crippen molar-refractivity contribution in [2.24, 2.45) is 4.99 Å². The Kier molecular flexibility index (Phi) is 7.53. The number of benzene rings is 3. The fourth-order valence-electron chi connectivity index (χ4n) is 4.78. The summed E-state index contributed by atoms with van der Waals surface area (Å²) in [4.78, 5) is 19.6. The molecule has 0 aromatic heterocycles. The Labute approximate surface area is 216 Å². The van der Waals surface area contributed by atoms with Crippen LogP contribution in [0.2, 0.25) is 5.02 Å². The second kappa shape index (κ2) is 10.4. The lowest BCUT2D eigenvalue weighted by Crippen LogP contribution is -2.48. The molecular weight excluding hydrogens is 478 g/mol. The van der Waals surface area contributed by atoms with E-state index in [-0.39, 0.29) is 11.2 Å². The number of anilines is 1. The van der Waals surface area contributed by atoms with E-state index < -0.39 is 4.92 Å². The van der Waals surface area contributed by atoms with Crippen LogP contribution in [0.5, 0.6) is 0 Å². The Bertz CT molecular complexity index is 1240. The van der Waals surface area contributed by atoms with E-state index in [0.29, 0.717) is 10.9 Å². The third kappa shape index (κ3) is 5.71. The summed E-state index contributed by atoms with van der Waals surface area (Å²) >= 11 is 8.27. The van der Waals surface area contributed by atoms with E-state index in [0.717, 1.165) is 40.4 Å². The van der Waals surface area contributed by atoms with E-state index in [2.05, 4.69) is 49.7 Å². The van der Waals surface area contributed by atoms with E-state index in [1.165, 1.54) is 23.4 Å². The monoisotopic (exact) mass is 507 g/mol. The van der Waals surface area contributed by atoms with Crippen molar-refractivity contribution in [1.82, 2.24) is 0 Å². The van der Waals surface area contributed by atoms with Crippen LogP contribution >= 0.6 is 23.4 Å². The molecule has 5 nitrogen and oxygen atoms in total. The summed E-state index contributed by atoms with van der Waals surface area (Å²) in [5.41, 5.74) is 4.54. The van der Waals surface area contributed by atoms with Crippen molar-refractivity contribution in [2.45, 2.75) is 61.8 Å². The highest BCUT2D eigenvalue weighted by Gasteiger charge is 2.36. The lowest BCUT2D eigenvalue weighted by Gasteiger charge is -2.47. The van der Waals surface area contributed by atoms with Crippen molar-refractivity contribution >= 4 is 46.6 Å². The molecule has 1 unspecified atom stereocenters. The number of non-ortho nitro benzene ring substituents is 1. The normalized spacial score (nSPS) is 16.9. The summed E-state index contributed by atoms with van der Waals surface area (Å²) in [6, 6.07) is 18.8. The van der Waals surface area contributed by atoms with Gasteiger partial charge in [0.25, 0.3) is 5.69 Å². The molecule has 4 rings (SSSR count). The maximum atomic E-state index is 10.8. The van der Waals surface area contributed by atoms with Gasteiger partial charge in [0.15, 0.2) is 0 Å². The smallest absolute Gasteiger partial charge is 0.269 e. The zero-order chi connectivity index (χ0) is 25.2. The molecule has 0 radical (unpaired) electrons. The predicted octanol–water partition coefficient (Wildman–Crippen LogP) is 8.65. The molecule has 3 aromatic carbocycles. The molecule has 0 N–H and O–H groups in total. The SMILES string of the molecule is CCCN1c2cc(Cl)c(C=Nc3ccc(Sc4ccc([N+](=O)[O-])cc4)cc3)cc2C(C)CC1(C)C. The summed E-state index contributed by atoms with van der Waals surface area (Å²) in [5, 5.41) is 11.5. The number of rotatable bonds is 7. The van der Waals surface area contributed by atoms with Crippen LogP contribution in [0.25, 0.3) is 0 Å². The lowest BCUT2D eigenvalue weighted by molar-refractivity contribution is -0.384. The average Bonchev–Trinajstić information content (AvgIpc) is 2.81. The Morgan fingerprint density at radius 1 is 1.14 bits per heavy atom. The van der Waals surface area contributed by atoms with Gasteiger partial charge in [0.2, 0.25) is 0 Å². The van der Waals surface area contributed by atoms with Crippen molar-refractivity contribution in [1.29, 1.82) is 0 Å². The fourth-order valence-corrected chi connectivity index (χ4v) is 5.81. The lowest BCUT2D eigenvalue weighted by atomic mass is 9.79. The van der Waals surface area contributed by atoms with Gasteiger partial charge < -0.3 is 4.90 Å². The first-order chi connectivity index (χ1) is 16.7. The summed E-state index contributed by atoms with van der Waals surface area (Å²) in [7, 11) is 0. The van der Waals surface area contributed by atoms with E-state index in [1.807, 2.05) is 30.5 Å². The molecule has 1 aliphatic rings. The number of halogens is 1. The van der Waals surface area contributed by atoms with E-state index in [1.54, 1.807) is 23.9 Å². The second-order valence-electron chi connectivity index (χ2n) is 9.61. The molecule has 0 aliphatic carbocycles. The number of fused-ring (bicyclic) bond motifs is 1. The van der Waals surface area contributed by atoms with Gasteiger partial charge in [0, 0.05) is 51.5 Å². The summed E-state index contributed by atoms with van der Waals surface area (Å²) in [6.45, 7) is 10.1. The number of hydrogen-bond donors (Lipinski definition) is 0. The topological polar surface area (TPSA) is 58.7 Å². The van der Waals surface area contributed by atoms with Gasteiger partial charge in [-0.1, -0.05) is 37.2 Å². The minimum atomic E-state index is -0.390. The first kappa shape index (κ1) is 25.3. The van der Waals surface area contributed by atoms with Crippen LogP contribution < -0.4 is 4.90 Å². The molecule has 1 atom stereocenters. The molecule has 0 bridgehead atoms. The van der Waals surface area contributed by atoms with E-state index in [9.17, 15) is 10.1 Å². The largest absolute Gasteiger partial charge is 0.366 e. The molecular formula is C28H30ClN3O2S. The van der Waals surface area contributed by atoms with Gasteiger partial charge in [-0.3, -0.25) is 15.1 Å². The number of nitrogens with zero attached hydrogens (tertiary/aromatic N) is 3. The quantitative estimate of drug-likeness (QED) is 0.182. The predicted molar refractivity (Wildman–Crippen MR) is 147 cm³/mol. The molecule has 0 saturated heterocycles. The molecule has 0 fully saturated rings. The highest BCUT2D eigenvalue weighted by Crippen LogP contribution is 2.45. The van der Waals surface area contributed by atoms with Crippen molar-refractivity contribution in [3.05, 3.63) is 86.9 Å². The Hall–Kier alpha value is -2.83. The number of nitro benzene ring substituents is 1. The zero-order valence-electron chi connectivity index (χ0n) is 20.5. The Morgan fingerprint density at radius 3 is 2.37 bits per heavy atom. The van der Waals surface area contributed by atoms with Gasteiger partial charge in [0.1, 0.15) is 0 Å². The van der Waals surface area contributed by atoms with E-state index >= 15 is 0 Å². The van der Waals surface area contributed by atoms with Gasteiger partial charge in [0.05, 0.1) is 15.6 Å². The van der Waals surface area contributed by atoms with Gasteiger partial charge in [-0.15, -0.1) is 0 Å². The van der Waals surface area contributed by atoms with Crippen molar-refractivity contribution in [3.8, 4) is 0 Å². The highest BCUT2D eigenvalue weighted by molar-refractivity contribution is 7.99. The standard InChI is InChI=1S/C28H30ClN3O2S/c1-5-14-31-27-16-26(29)20(15-25(27)19(2)17-28(31,3)4)18-30-21-6-10-23(11-7-21)35-24-12-8-22(9-13-24)32(33)34/h6-13,15-16,18-19H,5,14,17H2,1-4H3. The molecule has 182 valence electrons. The van der Waals surface area contributed by atoms with Gasteiger partial charge >= 0.3 is 0 Å². The van der Waals surface area contributed by atoms with Crippen LogP contribution in [0.3, 0.4) is 0 Å². The van der Waals surface area contributed by atoms with Gasteiger partial charge in [-0.2, -0.15) is 0 Å². The van der Waals surface area contributed by atoms with Crippen molar-refractivity contribution in [3.63, 3.8) is 0 Å². The maximum absolute atomic E-state index is 10.8. The minimum absolute atomic E-state index is 0.0936. The first-order valence-corrected chi connectivity index (χ1v) is 13.0. The third-order valence-corrected chi connectivity index (χ3v) is 7.77. The molecule has 0 amide bonds. The summed E-state index contributed by atoms with van der Waals surface area (Å²) in [5.74, 6) is 0.452. The van der Waals surface area contributed by atoms with Crippen LogP contribution in [-0.4, -0.2) is 23.2 Å². The average molecular weight is 508 g/mol. The van der Waals surface area contributed by atoms with Gasteiger partial charge in [-0.25, -0.2) is 0 Å². The zero-order valence-corrected chi connectivity index (χ0v) is 22.1. The summed E-state index contributed by atoms with van der Waals surface area (Å²) < 4.78 is 0. The molecule has 1 aliphatic heterocycles. The van der Waals surface area contributed by atoms with Crippen LogP contribution in [0.15, 0.2) is 75.4 Å². The first-order valence-electron chi connectivity index (χ1n) is 11.9. The third-order valence-electron chi connectivity index (χ3n) is 6.42. The van der Waals surface area contributed by atoms with Crippen LogP contribution in [0.1, 0.15) is 57.6 Å². The van der Waals surface area contributed by atoms with E-state index in [4.69, 9.17) is 11.6 Å².